The minimum absolute atomic E-state index is 0.0205. The van der Waals surface area contributed by atoms with Crippen LogP contribution in [-0.2, 0) is 11.2 Å². The maximum absolute atomic E-state index is 12.6. The van der Waals surface area contributed by atoms with Crippen molar-refractivity contribution in [1.29, 1.82) is 0 Å². The van der Waals surface area contributed by atoms with Crippen molar-refractivity contribution in [3.05, 3.63) is 71.0 Å². The number of fused-ring (bicyclic) bond motifs is 1. The van der Waals surface area contributed by atoms with E-state index in [1.165, 1.54) is 0 Å². The molecular weight excluding hydrogens is 416 g/mol. The van der Waals surface area contributed by atoms with Crippen molar-refractivity contribution < 1.29 is 14.3 Å². The van der Waals surface area contributed by atoms with Gasteiger partial charge >= 0.3 is 0 Å². The molecule has 0 spiro atoms. The Morgan fingerprint density at radius 3 is 2.36 bits per heavy atom. The lowest BCUT2D eigenvalue weighted by atomic mass is 10.1. The molecule has 33 heavy (non-hydrogen) atoms. The number of hydrogen-bond acceptors (Lipinski definition) is 5. The molecule has 7 nitrogen and oxygen atoms in total. The fraction of sp³-hybridized carbons (Fsp3) is 0.269. The molecule has 170 valence electrons. The summed E-state index contributed by atoms with van der Waals surface area (Å²) in [7, 11) is 3.25. The lowest BCUT2D eigenvalue weighted by Crippen LogP contribution is -2.15. The number of ether oxygens (including phenoxy) is 2. The Balaban J connectivity index is 1.60. The molecular formula is C26H28N4O3. The average molecular weight is 445 g/mol. The van der Waals surface area contributed by atoms with Gasteiger partial charge < -0.3 is 14.8 Å². The fourth-order valence-electron chi connectivity index (χ4n) is 3.95. The number of aryl methyl sites for hydroxylation is 3. The highest BCUT2D eigenvalue weighted by molar-refractivity contribution is 5.91. The smallest absolute Gasteiger partial charge is 0.224 e. The molecule has 0 aliphatic rings. The lowest BCUT2D eigenvalue weighted by Gasteiger charge is -2.12. The highest BCUT2D eigenvalue weighted by Gasteiger charge is 2.15. The van der Waals surface area contributed by atoms with Crippen molar-refractivity contribution in [3.8, 4) is 22.8 Å². The van der Waals surface area contributed by atoms with Crippen LogP contribution >= 0.6 is 0 Å². The molecule has 2 aromatic heterocycles. The Morgan fingerprint density at radius 1 is 1.00 bits per heavy atom. The number of methoxy groups -OCH3 is 2. The second kappa shape index (κ2) is 9.32. The third kappa shape index (κ3) is 4.67. The quantitative estimate of drug-likeness (QED) is 0.438. The molecule has 0 saturated heterocycles. The van der Waals surface area contributed by atoms with Gasteiger partial charge in [0.1, 0.15) is 11.5 Å². The first-order valence-electron chi connectivity index (χ1n) is 10.8. The van der Waals surface area contributed by atoms with Gasteiger partial charge in [0.15, 0.2) is 5.65 Å². The van der Waals surface area contributed by atoms with Gasteiger partial charge in [0.2, 0.25) is 5.91 Å². The third-order valence-corrected chi connectivity index (χ3v) is 5.83. The molecule has 2 heterocycles. The van der Waals surface area contributed by atoms with Crippen LogP contribution in [0.4, 0.5) is 5.69 Å². The first-order valence-corrected chi connectivity index (χ1v) is 10.8. The maximum atomic E-state index is 12.6. The third-order valence-electron chi connectivity index (χ3n) is 5.83. The predicted molar refractivity (Wildman–Crippen MR) is 129 cm³/mol. The number of amides is 1. The van der Waals surface area contributed by atoms with Crippen molar-refractivity contribution in [2.24, 2.45) is 0 Å². The summed E-state index contributed by atoms with van der Waals surface area (Å²) in [6, 6.07) is 15.4. The number of hydrogen-bond donors (Lipinski definition) is 1. The lowest BCUT2D eigenvalue weighted by molar-refractivity contribution is -0.116. The van der Waals surface area contributed by atoms with Gasteiger partial charge in [0, 0.05) is 41.2 Å². The van der Waals surface area contributed by atoms with Crippen LogP contribution in [0.3, 0.4) is 0 Å². The van der Waals surface area contributed by atoms with Crippen molar-refractivity contribution in [2.45, 2.75) is 33.6 Å². The van der Waals surface area contributed by atoms with Crippen LogP contribution in [0.5, 0.6) is 11.5 Å². The number of aromatic nitrogens is 3. The molecule has 0 bridgehead atoms. The molecule has 0 unspecified atom stereocenters. The van der Waals surface area contributed by atoms with Gasteiger partial charge in [-0.05, 0) is 56.5 Å². The van der Waals surface area contributed by atoms with E-state index >= 15 is 0 Å². The molecule has 2 aromatic carbocycles. The normalized spacial score (nSPS) is 10.9. The fourth-order valence-corrected chi connectivity index (χ4v) is 3.95. The molecule has 1 amide bonds. The predicted octanol–water partition coefficient (Wildman–Crippen LogP) is 4.91. The summed E-state index contributed by atoms with van der Waals surface area (Å²) in [4.78, 5) is 17.3. The molecule has 0 atom stereocenters. The zero-order chi connectivity index (χ0) is 23.5. The average Bonchev–Trinajstić information content (AvgIpc) is 3.24. The highest BCUT2D eigenvalue weighted by Crippen LogP contribution is 2.30. The van der Waals surface area contributed by atoms with E-state index in [0.29, 0.717) is 24.3 Å². The van der Waals surface area contributed by atoms with Gasteiger partial charge in [0.25, 0.3) is 0 Å². The molecule has 0 saturated carbocycles. The van der Waals surface area contributed by atoms with Crippen molar-refractivity contribution in [1.82, 2.24) is 14.6 Å². The van der Waals surface area contributed by atoms with Gasteiger partial charge in [-0.3, -0.25) is 4.79 Å². The first-order chi connectivity index (χ1) is 15.9. The van der Waals surface area contributed by atoms with E-state index in [0.717, 1.165) is 45.1 Å². The Bertz CT molecular complexity index is 1300. The van der Waals surface area contributed by atoms with Gasteiger partial charge in [-0.1, -0.05) is 18.2 Å². The summed E-state index contributed by atoms with van der Waals surface area (Å²) in [6.45, 7) is 5.97. The van der Waals surface area contributed by atoms with Crippen LogP contribution in [0, 0.1) is 20.8 Å². The minimum Gasteiger partial charge on any atom is -0.497 e. The SMILES string of the molecule is COc1cc(OC)cc(-c2cc3nc(C)c(CCC(=O)Nc4ccccc4C)c(C)n3n2)c1. The van der Waals surface area contributed by atoms with Gasteiger partial charge in [0.05, 0.1) is 19.9 Å². The van der Waals surface area contributed by atoms with Crippen molar-refractivity contribution in [2.75, 3.05) is 19.5 Å². The second-order valence-corrected chi connectivity index (χ2v) is 8.03. The van der Waals surface area contributed by atoms with Crippen LogP contribution in [0.15, 0.2) is 48.5 Å². The van der Waals surface area contributed by atoms with Crippen molar-refractivity contribution in [3.63, 3.8) is 0 Å². The number of nitrogens with zero attached hydrogens (tertiary/aromatic N) is 3. The number of carbonyl (C=O) groups is 1. The molecule has 0 aliphatic heterocycles. The number of nitrogens with one attached hydrogen (secondary N) is 1. The first kappa shape index (κ1) is 22.3. The highest BCUT2D eigenvalue weighted by atomic mass is 16.5. The van der Waals surface area contributed by atoms with E-state index in [9.17, 15) is 4.79 Å². The van der Waals surface area contributed by atoms with E-state index in [-0.39, 0.29) is 5.91 Å². The molecule has 4 aromatic rings. The molecule has 7 heteroatoms. The Morgan fingerprint density at radius 2 is 1.70 bits per heavy atom. The van der Waals surface area contributed by atoms with E-state index in [1.807, 2.05) is 73.8 Å². The largest absolute Gasteiger partial charge is 0.497 e. The molecule has 0 fully saturated rings. The van der Waals surface area contributed by atoms with E-state index in [1.54, 1.807) is 14.2 Å². The summed E-state index contributed by atoms with van der Waals surface area (Å²) in [5, 5.41) is 7.78. The summed E-state index contributed by atoms with van der Waals surface area (Å²) in [5.41, 5.74) is 7.20. The van der Waals surface area contributed by atoms with Crippen molar-refractivity contribution >= 4 is 17.2 Å². The number of anilines is 1. The van der Waals surface area contributed by atoms with Crippen LogP contribution in [0.2, 0.25) is 0 Å². The number of benzene rings is 2. The standard InChI is InChI=1S/C26H28N4O3/c1-16-8-6-7-9-23(16)28-26(31)11-10-22-17(2)27-25-15-24(29-30(25)18(22)3)19-12-20(32-4)14-21(13-19)33-5/h6-9,12-15H,10-11H2,1-5H3,(H,28,31). The summed E-state index contributed by atoms with van der Waals surface area (Å²) < 4.78 is 12.6. The zero-order valence-electron chi connectivity index (χ0n) is 19.6. The monoisotopic (exact) mass is 444 g/mol. The zero-order valence-corrected chi connectivity index (χ0v) is 19.6. The van der Waals surface area contributed by atoms with E-state index in [2.05, 4.69) is 5.32 Å². The summed E-state index contributed by atoms with van der Waals surface area (Å²) in [5.74, 6) is 1.37. The Kier molecular flexibility index (Phi) is 6.31. The van der Waals surface area contributed by atoms with Crippen LogP contribution in [0.25, 0.3) is 16.9 Å². The maximum Gasteiger partial charge on any atom is 0.224 e. The van der Waals surface area contributed by atoms with Crippen LogP contribution in [0.1, 0.15) is 28.9 Å². The summed E-state index contributed by atoms with van der Waals surface area (Å²) >= 11 is 0. The number of rotatable bonds is 7. The Hall–Kier alpha value is -3.87. The van der Waals surface area contributed by atoms with E-state index < -0.39 is 0 Å². The second-order valence-electron chi connectivity index (χ2n) is 8.03. The minimum atomic E-state index is -0.0205. The topological polar surface area (TPSA) is 77.8 Å². The molecule has 0 aliphatic carbocycles. The molecule has 1 N–H and O–H groups in total. The molecule has 0 radical (unpaired) electrons. The summed E-state index contributed by atoms with van der Waals surface area (Å²) in [6.07, 6.45) is 0.949. The van der Waals surface area contributed by atoms with Crippen LogP contribution in [-0.4, -0.2) is 34.7 Å². The van der Waals surface area contributed by atoms with Crippen LogP contribution < -0.4 is 14.8 Å². The van der Waals surface area contributed by atoms with Gasteiger partial charge in [-0.15, -0.1) is 0 Å². The Labute approximate surface area is 193 Å². The number of para-hydroxylation sites is 1. The number of carbonyl (C=O) groups excluding carboxylic acids is 1. The van der Waals surface area contributed by atoms with Gasteiger partial charge in [-0.25, -0.2) is 9.50 Å². The van der Waals surface area contributed by atoms with Gasteiger partial charge in [-0.2, -0.15) is 5.10 Å². The molecule has 4 rings (SSSR count). The van der Waals surface area contributed by atoms with E-state index in [4.69, 9.17) is 19.6 Å².